The summed E-state index contributed by atoms with van der Waals surface area (Å²) in [6.45, 7) is 4.76. The number of H-pyrrole nitrogens is 1. The number of benzene rings is 1. The van der Waals surface area contributed by atoms with E-state index >= 15 is 0 Å². The van der Waals surface area contributed by atoms with Gasteiger partial charge in [-0.2, -0.15) is 0 Å². The molecule has 0 bridgehead atoms. The first-order valence-electron chi connectivity index (χ1n) is 10.3. The number of hydrogen-bond acceptors (Lipinski definition) is 3. The summed E-state index contributed by atoms with van der Waals surface area (Å²) in [5.41, 5.74) is 1.34. The number of amides is 1. The van der Waals surface area contributed by atoms with Gasteiger partial charge in [0.25, 0.3) is 0 Å². The Morgan fingerprint density at radius 2 is 1.93 bits per heavy atom. The number of hydrogen-bond donors (Lipinski definition) is 1. The molecule has 3 heterocycles. The van der Waals surface area contributed by atoms with Crippen LogP contribution < -0.4 is 0 Å². The standard InChI is InChI=1S/C22H30N4O/c27-22(26-13-8-18(9-14-26)15-21-23-10-11-24-21)20-7-4-12-25(17-20)16-19-5-2-1-3-6-19/h1-3,5-6,10-11,18,20H,4,7-9,12-17H2,(H,23,24). The predicted octanol–water partition coefficient (Wildman–Crippen LogP) is 3.10. The van der Waals surface area contributed by atoms with Crippen molar-refractivity contribution in [2.75, 3.05) is 26.2 Å². The zero-order valence-corrected chi connectivity index (χ0v) is 16.0. The number of likely N-dealkylation sites (tertiary alicyclic amines) is 2. The third-order valence-electron chi connectivity index (χ3n) is 6.07. The first-order valence-corrected chi connectivity index (χ1v) is 10.3. The molecule has 2 aliphatic rings. The zero-order valence-electron chi connectivity index (χ0n) is 16.0. The summed E-state index contributed by atoms with van der Waals surface area (Å²) in [7, 11) is 0. The number of rotatable bonds is 5. The van der Waals surface area contributed by atoms with E-state index in [9.17, 15) is 4.79 Å². The van der Waals surface area contributed by atoms with Gasteiger partial charge in [-0.05, 0) is 43.7 Å². The highest BCUT2D eigenvalue weighted by Gasteiger charge is 2.31. The van der Waals surface area contributed by atoms with Gasteiger partial charge < -0.3 is 9.88 Å². The largest absolute Gasteiger partial charge is 0.349 e. The third-order valence-corrected chi connectivity index (χ3v) is 6.07. The average Bonchev–Trinajstić information content (AvgIpc) is 3.22. The lowest BCUT2D eigenvalue weighted by molar-refractivity contribution is -0.138. The summed E-state index contributed by atoms with van der Waals surface area (Å²) < 4.78 is 0. The Morgan fingerprint density at radius 3 is 2.67 bits per heavy atom. The highest BCUT2D eigenvalue weighted by atomic mass is 16.2. The molecular weight excluding hydrogens is 336 g/mol. The number of nitrogens with one attached hydrogen (secondary N) is 1. The fourth-order valence-corrected chi connectivity index (χ4v) is 4.54. The Bertz CT molecular complexity index is 707. The molecule has 2 aromatic rings. The Labute approximate surface area is 161 Å². The number of aromatic nitrogens is 2. The van der Waals surface area contributed by atoms with Gasteiger partial charge in [-0.3, -0.25) is 9.69 Å². The second-order valence-electron chi connectivity index (χ2n) is 8.07. The number of carbonyl (C=O) groups excluding carboxylic acids is 1. The van der Waals surface area contributed by atoms with Gasteiger partial charge in [-0.1, -0.05) is 30.3 Å². The molecule has 0 aliphatic carbocycles. The first kappa shape index (κ1) is 18.2. The lowest BCUT2D eigenvalue weighted by Gasteiger charge is -2.37. The van der Waals surface area contributed by atoms with Crippen LogP contribution in [0.2, 0.25) is 0 Å². The van der Waals surface area contributed by atoms with Crippen LogP contribution in [-0.2, 0) is 17.8 Å². The highest BCUT2D eigenvalue weighted by molar-refractivity contribution is 5.79. The topological polar surface area (TPSA) is 52.2 Å². The average molecular weight is 367 g/mol. The lowest BCUT2D eigenvalue weighted by atomic mass is 9.91. The van der Waals surface area contributed by atoms with Crippen molar-refractivity contribution in [3.63, 3.8) is 0 Å². The molecule has 1 aromatic heterocycles. The quantitative estimate of drug-likeness (QED) is 0.885. The van der Waals surface area contributed by atoms with Crippen LogP contribution in [-0.4, -0.2) is 51.9 Å². The van der Waals surface area contributed by atoms with Gasteiger partial charge in [0.15, 0.2) is 0 Å². The van der Waals surface area contributed by atoms with E-state index in [4.69, 9.17) is 0 Å². The molecule has 0 spiro atoms. The molecule has 2 aliphatic heterocycles. The van der Waals surface area contributed by atoms with Crippen molar-refractivity contribution >= 4 is 5.91 Å². The Morgan fingerprint density at radius 1 is 1.11 bits per heavy atom. The van der Waals surface area contributed by atoms with E-state index < -0.39 is 0 Å². The summed E-state index contributed by atoms with van der Waals surface area (Å²) in [6.07, 6.45) is 9.05. The third kappa shape index (κ3) is 4.78. The van der Waals surface area contributed by atoms with Crippen LogP contribution in [0.25, 0.3) is 0 Å². The number of carbonyl (C=O) groups is 1. The molecule has 5 nitrogen and oxygen atoms in total. The molecule has 27 heavy (non-hydrogen) atoms. The van der Waals surface area contributed by atoms with Gasteiger partial charge in [0.05, 0.1) is 5.92 Å². The molecule has 1 aromatic carbocycles. The molecule has 2 fully saturated rings. The lowest BCUT2D eigenvalue weighted by Crippen LogP contribution is -2.47. The van der Waals surface area contributed by atoms with Crippen LogP contribution >= 0.6 is 0 Å². The van der Waals surface area contributed by atoms with Crippen molar-refractivity contribution in [2.45, 2.75) is 38.6 Å². The van der Waals surface area contributed by atoms with E-state index in [0.29, 0.717) is 11.8 Å². The molecule has 1 N–H and O–H groups in total. The van der Waals surface area contributed by atoms with Crippen LogP contribution in [0.15, 0.2) is 42.7 Å². The maximum atomic E-state index is 13.1. The molecule has 144 valence electrons. The van der Waals surface area contributed by atoms with Crippen LogP contribution in [0.5, 0.6) is 0 Å². The fourth-order valence-electron chi connectivity index (χ4n) is 4.54. The SMILES string of the molecule is O=C(C1CCCN(Cc2ccccc2)C1)N1CCC(Cc2ncc[nH]2)CC1. The summed E-state index contributed by atoms with van der Waals surface area (Å²) in [5.74, 6) is 2.26. The van der Waals surface area contributed by atoms with Crippen LogP contribution in [0.1, 0.15) is 37.1 Å². The van der Waals surface area contributed by atoms with E-state index in [-0.39, 0.29) is 5.92 Å². The number of nitrogens with zero attached hydrogens (tertiary/aromatic N) is 3. The van der Waals surface area contributed by atoms with Gasteiger partial charge in [-0.25, -0.2) is 4.98 Å². The maximum absolute atomic E-state index is 13.1. The Kier molecular flexibility index (Phi) is 5.87. The number of aromatic amines is 1. The second kappa shape index (κ2) is 8.70. The first-order chi connectivity index (χ1) is 13.3. The van der Waals surface area contributed by atoms with Crippen LogP contribution in [0, 0.1) is 11.8 Å². The summed E-state index contributed by atoms with van der Waals surface area (Å²) in [4.78, 5) is 25.2. The Hall–Kier alpha value is -2.14. The van der Waals surface area contributed by atoms with Gasteiger partial charge in [0.1, 0.15) is 5.82 Å². The summed E-state index contributed by atoms with van der Waals surface area (Å²) >= 11 is 0. The molecule has 0 saturated carbocycles. The minimum Gasteiger partial charge on any atom is -0.349 e. The second-order valence-corrected chi connectivity index (χ2v) is 8.07. The number of imidazole rings is 1. The van der Waals surface area contributed by atoms with Gasteiger partial charge in [0.2, 0.25) is 5.91 Å². The molecule has 0 radical (unpaired) electrons. The zero-order chi connectivity index (χ0) is 18.5. The summed E-state index contributed by atoms with van der Waals surface area (Å²) in [5, 5.41) is 0. The van der Waals surface area contributed by atoms with E-state index in [1.807, 2.05) is 12.4 Å². The van der Waals surface area contributed by atoms with E-state index in [1.54, 1.807) is 0 Å². The molecule has 1 amide bonds. The van der Waals surface area contributed by atoms with E-state index in [1.165, 1.54) is 5.56 Å². The Balaban J connectivity index is 1.26. The molecule has 1 unspecified atom stereocenters. The molecule has 4 rings (SSSR count). The van der Waals surface area contributed by atoms with Gasteiger partial charge in [-0.15, -0.1) is 0 Å². The minimum atomic E-state index is 0.170. The van der Waals surface area contributed by atoms with Crippen molar-refractivity contribution in [3.05, 3.63) is 54.1 Å². The van der Waals surface area contributed by atoms with Crippen molar-refractivity contribution in [2.24, 2.45) is 11.8 Å². The molecule has 5 heteroatoms. The van der Waals surface area contributed by atoms with Crippen molar-refractivity contribution in [1.82, 2.24) is 19.8 Å². The fraction of sp³-hybridized carbons (Fsp3) is 0.545. The maximum Gasteiger partial charge on any atom is 0.226 e. The van der Waals surface area contributed by atoms with Crippen LogP contribution in [0.3, 0.4) is 0 Å². The van der Waals surface area contributed by atoms with E-state index in [2.05, 4.69) is 50.1 Å². The van der Waals surface area contributed by atoms with Gasteiger partial charge >= 0.3 is 0 Å². The number of piperidine rings is 2. The van der Waals surface area contributed by atoms with Crippen LogP contribution in [0.4, 0.5) is 0 Å². The molecule has 1 atom stereocenters. The van der Waals surface area contributed by atoms with Crippen molar-refractivity contribution < 1.29 is 4.79 Å². The monoisotopic (exact) mass is 366 g/mol. The normalized spacial score (nSPS) is 22.1. The molecule has 2 saturated heterocycles. The van der Waals surface area contributed by atoms with E-state index in [0.717, 1.165) is 70.7 Å². The van der Waals surface area contributed by atoms with Crippen molar-refractivity contribution in [1.29, 1.82) is 0 Å². The smallest absolute Gasteiger partial charge is 0.226 e. The predicted molar refractivity (Wildman–Crippen MR) is 106 cm³/mol. The molecular formula is C22H30N4O. The van der Waals surface area contributed by atoms with Crippen molar-refractivity contribution in [3.8, 4) is 0 Å². The minimum absolute atomic E-state index is 0.170. The summed E-state index contributed by atoms with van der Waals surface area (Å²) in [6, 6.07) is 10.6. The highest BCUT2D eigenvalue weighted by Crippen LogP contribution is 2.25. The van der Waals surface area contributed by atoms with Gasteiger partial charge in [0, 0.05) is 45.0 Å².